The van der Waals surface area contributed by atoms with Crippen LogP contribution in [0.15, 0.2) is 12.1 Å². The molecule has 2 spiro atoms. The highest BCUT2D eigenvalue weighted by Gasteiger charge is 2.63. The fraction of sp³-hybridized carbons (Fsp3) is 0.556. The molecule has 2 saturated heterocycles. The van der Waals surface area contributed by atoms with Crippen LogP contribution < -0.4 is 20.1 Å². The maximum atomic E-state index is 14.2. The Morgan fingerprint density at radius 1 is 1.19 bits per heavy atom. The molecule has 8 nitrogen and oxygen atoms in total. The van der Waals surface area contributed by atoms with Crippen LogP contribution in [-0.2, 0) is 4.74 Å². The van der Waals surface area contributed by atoms with E-state index < -0.39 is 17.4 Å². The van der Waals surface area contributed by atoms with Crippen LogP contribution in [0.1, 0.15) is 32.1 Å². The predicted octanol–water partition coefficient (Wildman–Crippen LogP) is 2.58. The highest BCUT2D eigenvalue weighted by atomic mass is 19.1. The lowest BCUT2D eigenvalue weighted by molar-refractivity contribution is -0.0684. The molecule has 2 N–H and O–H groups in total. The van der Waals surface area contributed by atoms with Gasteiger partial charge in [0, 0.05) is 25.9 Å². The van der Waals surface area contributed by atoms with E-state index in [9.17, 15) is 14.0 Å². The lowest BCUT2D eigenvalue weighted by Crippen LogP contribution is -2.65. The zero-order valence-electron chi connectivity index (χ0n) is 14.7. The summed E-state index contributed by atoms with van der Waals surface area (Å²) in [5.74, 6) is 0.0303. The molecule has 27 heavy (non-hydrogen) atoms. The number of nitrogens with zero attached hydrogens (tertiary/aromatic N) is 1. The van der Waals surface area contributed by atoms with Crippen LogP contribution in [0.4, 0.5) is 19.7 Å². The van der Waals surface area contributed by atoms with Crippen LogP contribution in [0.5, 0.6) is 11.5 Å². The number of urea groups is 1. The Bertz CT molecular complexity index is 817. The van der Waals surface area contributed by atoms with Crippen LogP contribution >= 0.6 is 0 Å². The smallest absolute Gasteiger partial charge is 0.408 e. The number of hydrogen-bond donors (Lipinski definition) is 2. The quantitative estimate of drug-likeness (QED) is 0.785. The summed E-state index contributed by atoms with van der Waals surface area (Å²) in [6, 6.07) is 2.29. The number of carbonyl (C=O) groups is 2. The van der Waals surface area contributed by atoms with Gasteiger partial charge in [-0.2, -0.15) is 0 Å². The molecule has 1 saturated carbocycles. The van der Waals surface area contributed by atoms with Crippen molar-refractivity contribution < 1.29 is 28.2 Å². The highest BCUT2D eigenvalue weighted by molar-refractivity contribution is 5.92. The molecule has 0 aromatic heterocycles. The van der Waals surface area contributed by atoms with Crippen molar-refractivity contribution in [1.29, 1.82) is 0 Å². The number of hydrogen-bond acceptors (Lipinski definition) is 5. The van der Waals surface area contributed by atoms with Gasteiger partial charge in [0.15, 0.2) is 17.3 Å². The first-order valence-electron chi connectivity index (χ1n) is 9.17. The summed E-state index contributed by atoms with van der Waals surface area (Å²) < 4.78 is 30.3. The Labute approximate surface area is 154 Å². The van der Waals surface area contributed by atoms with Crippen molar-refractivity contribution in [3.05, 3.63) is 17.9 Å². The van der Waals surface area contributed by atoms with Gasteiger partial charge in [-0.25, -0.2) is 14.0 Å². The third kappa shape index (κ3) is 2.33. The zero-order chi connectivity index (χ0) is 18.6. The Hall–Kier alpha value is -2.71. The molecule has 1 aromatic rings. The molecule has 4 aliphatic rings. The number of anilines is 1. The van der Waals surface area contributed by atoms with E-state index in [2.05, 4.69) is 10.6 Å². The number of nitrogens with one attached hydrogen (secondary N) is 2. The van der Waals surface area contributed by atoms with Gasteiger partial charge >= 0.3 is 12.1 Å². The van der Waals surface area contributed by atoms with Gasteiger partial charge in [0.1, 0.15) is 11.3 Å². The maximum Gasteiger partial charge on any atom is 0.408 e. The molecule has 3 aliphatic heterocycles. The molecule has 0 bridgehead atoms. The van der Waals surface area contributed by atoms with Gasteiger partial charge in [-0.3, -0.25) is 0 Å². The number of piperidine rings is 1. The minimum atomic E-state index is -0.580. The second-order valence-electron chi connectivity index (χ2n) is 7.52. The Balaban J connectivity index is 1.29. The minimum Gasteiger partial charge on any atom is -0.454 e. The number of likely N-dealkylation sites (tertiary alicyclic amines) is 1. The highest BCUT2D eigenvalue weighted by Crippen LogP contribution is 2.51. The average molecular weight is 377 g/mol. The van der Waals surface area contributed by atoms with E-state index in [0.717, 1.165) is 19.3 Å². The summed E-state index contributed by atoms with van der Waals surface area (Å²) in [7, 11) is 0. The van der Waals surface area contributed by atoms with Gasteiger partial charge in [0.05, 0.1) is 5.54 Å². The molecule has 3 amide bonds. The number of fused-ring (bicyclic) bond motifs is 2. The van der Waals surface area contributed by atoms with Gasteiger partial charge in [-0.05, 0) is 31.4 Å². The third-order valence-electron chi connectivity index (χ3n) is 6.29. The van der Waals surface area contributed by atoms with Crippen LogP contribution in [0.25, 0.3) is 0 Å². The van der Waals surface area contributed by atoms with E-state index >= 15 is 0 Å². The first-order valence-corrected chi connectivity index (χ1v) is 9.17. The molecule has 0 atom stereocenters. The zero-order valence-corrected chi connectivity index (χ0v) is 14.7. The standard InChI is InChI=1S/C18H20FN3O5/c19-11-2-3-12-14(26-10-25-12)13(11)20-15(23)22-8-6-18(7-9-22)17(4-1-5-17)21-16(24)27-18/h2-3H,1,4-10H2,(H,20,23)(H,21,24). The van der Waals surface area contributed by atoms with Crippen LogP contribution in [0, 0.1) is 5.82 Å². The van der Waals surface area contributed by atoms with Crippen molar-refractivity contribution in [2.75, 3.05) is 25.2 Å². The molecule has 9 heteroatoms. The third-order valence-corrected chi connectivity index (χ3v) is 6.29. The average Bonchev–Trinajstić information content (AvgIpc) is 3.20. The lowest BCUT2D eigenvalue weighted by atomic mass is 9.62. The van der Waals surface area contributed by atoms with E-state index in [-0.39, 0.29) is 29.9 Å². The van der Waals surface area contributed by atoms with Crippen LogP contribution in [-0.4, -0.2) is 48.0 Å². The Kier molecular flexibility index (Phi) is 3.44. The molecule has 3 heterocycles. The molecule has 0 unspecified atom stereocenters. The predicted molar refractivity (Wildman–Crippen MR) is 91.3 cm³/mol. The molecule has 5 rings (SSSR count). The van der Waals surface area contributed by atoms with E-state index in [4.69, 9.17) is 14.2 Å². The van der Waals surface area contributed by atoms with Gasteiger partial charge in [-0.15, -0.1) is 0 Å². The van der Waals surface area contributed by atoms with Gasteiger partial charge in [0.2, 0.25) is 6.79 Å². The lowest BCUT2D eigenvalue weighted by Gasteiger charge is -2.51. The first-order chi connectivity index (χ1) is 13.0. The molecule has 0 radical (unpaired) electrons. The van der Waals surface area contributed by atoms with Crippen molar-refractivity contribution in [2.45, 2.75) is 43.2 Å². The number of amides is 3. The number of benzene rings is 1. The van der Waals surface area contributed by atoms with Gasteiger partial charge < -0.3 is 29.7 Å². The molecule has 1 aliphatic carbocycles. The number of ether oxygens (including phenoxy) is 3. The topological polar surface area (TPSA) is 89.1 Å². The largest absolute Gasteiger partial charge is 0.454 e. The van der Waals surface area contributed by atoms with Gasteiger partial charge in [0.25, 0.3) is 0 Å². The van der Waals surface area contributed by atoms with Gasteiger partial charge in [-0.1, -0.05) is 0 Å². The molecular formula is C18H20FN3O5. The second kappa shape index (κ2) is 5.64. The first kappa shape index (κ1) is 16.5. The Morgan fingerprint density at radius 3 is 2.67 bits per heavy atom. The SMILES string of the molecule is O=C1NC2(CCC2)C2(CCN(C(=O)Nc3c(F)ccc4c3OCO4)CC2)O1. The number of halogens is 1. The second-order valence-corrected chi connectivity index (χ2v) is 7.52. The fourth-order valence-corrected chi connectivity index (χ4v) is 4.62. The molecular weight excluding hydrogens is 357 g/mol. The van der Waals surface area contributed by atoms with Crippen molar-refractivity contribution in [1.82, 2.24) is 10.2 Å². The van der Waals surface area contributed by atoms with Crippen molar-refractivity contribution >= 4 is 17.8 Å². The molecule has 3 fully saturated rings. The summed E-state index contributed by atoms with van der Waals surface area (Å²) in [5, 5.41) is 5.59. The summed E-state index contributed by atoms with van der Waals surface area (Å²) in [5.41, 5.74) is -0.848. The number of carbonyl (C=O) groups excluding carboxylic acids is 2. The summed E-state index contributed by atoms with van der Waals surface area (Å²) in [6.07, 6.45) is 3.64. The van der Waals surface area contributed by atoms with E-state index in [0.29, 0.717) is 31.7 Å². The van der Waals surface area contributed by atoms with E-state index in [1.165, 1.54) is 12.1 Å². The summed E-state index contributed by atoms with van der Waals surface area (Å²) in [6.45, 7) is 0.849. The summed E-state index contributed by atoms with van der Waals surface area (Å²) in [4.78, 5) is 26.1. The van der Waals surface area contributed by atoms with Crippen molar-refractivity contribution in [2.24, 2.45) is 0 Å². The van der Waals surface area contributed by atoms with E-state index in [1.807, 2.05) is 0 Å². The molecule has 144 valence electrons. The summed E-state index contributed by atoms with van der Waals surface area (Å²) >= 11 is 0. The van der Waals surface area contributed by atoms with Crippen LogP contribution in [0.3, 0.4) is 0 Å². The van der Waals surface area contributed by atoms with E-state index in [1.54, 1.807) is 4.90 Å². The molecule has 1 aromatic carbocycles. The normalized spacial score (nSPS) is 23.7. The van der Waals surface area contributed by atoms with Crippen LogP contribution in [0.2, 0.25) is 0 Å². The minimum absolute atomic E-state index is 0.00561. The fourth-order valence-electron chi connectivity index (χ4n) is 4.62. The number of alkyl carbamates (subject to hydrolysis) is 1. The van der Waals surface area contributed by atoms with Crippen molar-refractivity contribution in [3.63, 3.8) is 0 Å². The number of rotatable bonds is 1. The Morgan fingerprint density at radius 2 is 1.96 bits per heavy atom. The van der Waals surface area contributed by atoms with Crippen molar-refractivity contribution in [3.8, 4) is 11.5 Å². The monoisotopic (exact) mass is 377 g/mol. The maximum absolute atomic E-state index is 14.2.